The summed E-state index contributed by atoms with van der Waals surface area (Å²) < 4.78 is 6.74. The van der Waals surface area contributed by atoms with Gasteiger partial charge in [-0.1, -0.05) is 23.4 Å². The molecule has 2 amide bonds. The Bertz CT molecular complexity index is 1020. The van der Waals surface area contributed by atoms with E-state index in [1.807, 2.05) is 37.3 Å². The summed E-state index contributed by atoms with van der Waals surface area (Å²) in [5, 5.41) is 11.0. The van der Waals surface area contributed by atoms with E-state index in [9.17, 15) is 9.59 Å². The Morgan fingerprint density at radius 1 is 1.14 bits per heavy atom. The molecule has 0 unspecified atom stereocenters. The first-order valence-corrected chi connectivity index (χ1v) is 9.66. The first-order valence-electron chi connectivity index (χ1n) is 9.66. The highest BCUT2D eigenvalue weighted by molar-refractivity contribution is 5.96. The molecule has 3 heterocycles. The van der Waals surface area contributed by atoms with Gasteiger partial charge in [0.05, 0.1) is 23.1 Å². The van der Waals surface area contributed by atoms with Crippen LogP contribution in [0.1, 0.15) is 34.7 Å². The second kappa shape index (κ2) is 7.90. The molecule has 0 bridgehead atoms. The number of aryl methyl sites for hydroxylation is 1. The number of rotatable bonds is 4. The van der Waals surface area contributed by atoms with Crippen molar-refractivity contribution >= 4 is 17.6 Å². The fourth-order valence-electron chi connectivity index (χ4n) is 3.62. The summed E-state index contributed by atoms with van der Waals surface area (Å²) in [7, 11) is 0. The Morgan fingerprint density at radius 3 is 2.52 bits per heavy atom. The summed E-state index contributed by atoms with van der Waals surface area (Å²) in [6.45, 7) is 4.73. The summed E-state index contributed by atoms with van der Waals surface area (Å²) >= 11 is 0. The van der Waals surface area contributed by atoms with Gasteiger partial charge in [-0.2, -0.15) is 5.10 Å². The number of para-hydroxylation sites is 1. The zero-order valence-electron chi connectivity index (χ0n) is 16.5. The molecule has 8 heteroatoms. The quantitative estimate of drug-likeness (QED) is 0.736. The fourth-order valence-corrected chi connectivity index (χ4v) is 3.62. The van der Waals surface area contributed by atoms with Crippen LogP contribution in [0.2, 0.25) is 0 Å². The largest absolute Gasteiger partial charge is 0.360 e. The van der Waals surface area contributed by atoms with Crippen molar-refractivity contribution in [2.24, 2.45) is 5.92 Å². The van der Waals surface area contributed by atoms with Gasteiger partial charge in [-0.05, 0) is 38.8 Å². The van der Waals surface area contributed by atoms with Crippen LogP contribution in [0.5, 0.6) is 0 Å². The second-order valence-corrected chi connectivity index (χ2v) is 7.27. The molecular formula is C21H23N5O3. The van der Waals surface area contributed by atoms with Crippen molar-refractivity contribution in [2.45, 2.75) is 26.7 Å². The van der Waals surface area contributed by atoms with E-state index in [0.29, 0.717) is 43.1 Å². The molecule has 1 aromatic carbocycles. The van der Waals surface area contributed by atoms with Gasteiger partial charge in [0.25, 0.3) is 5.91 Å². The number of hydrogen-bond acceptors (Lipinski definition) is 5. The number of carbonyl (C=O) groups excluding carboxylic acids is 2. The molecule has 150 valence electrons. The minimum atomic E-state index is -0.149. The highest BCUT2D eigenvalue weighted by Crippen LogP contribution is 2.22. The lowest BCUT2D eigenvalue weighted by atomic mass is 9.95. The van der Waals surface area contributed by atoms with Gasteiger partial charge < -0.3 is 14.7 Å². The first-order chi connectivity index (χ1) is 14.0. The van der Waals surface area contributed by atoms with Gasteiger partial charge in [0, 0.05) is 25.1 Å². The number of carbonyl (C=O) groups is 2. The molecule has 0 aliphatic carbocycles. The molecule has 0 spiro atoms. The lowest BCUT2D eigenvalue weighted by Crippen LogP contribution is -2.41. The van der Waals surface area contributed by atoms with Crippen LogP contribution in [0.4, 0.5) is 5.82 Å². The van der Waals surface area contributed by atoms with E-state index in [1.54, 1.807) is 28.8 Å². The number of anilines is 1. The van der Waals surface area contributed by atoms with Crippen LogP contribution in [0.3, 0.4) is 0 Å². The minimum absolute atomic E-state index is 0.0457. The normalized spacial score (nSPS) is 14.8. The maximum atomic E-state index is 13.0. The Hall–Kier alpha value is -3.42. The van der Waals surface area contributed by atoms with Gasteiger partial charge in [0.2, 0.25) is 5.91 Å². The molecule has 1 aliphatic rings. The monoisotopic (exact) mass is 393 g/mol. The van der Waals surface area contributed by atoms with Crippen LogP contribution in [0, 0.1) is 19.8 Å². The molecule has 29 heavy (non-hydrogen) atoms. The molecule has 1 aliphatic heterocycles. The molecule has 1 saturated heterocycles. The van der Waals surface area contributed by atoms with Gasteiger partial charge in [0.1, 0.15) is 5.76 Å². The molecule has 3 aromatic rings. The summed E-state index contributed by atoms with van der Waals surface area (Å²) in [5.74, 6) is 0.792. The smallest absolute Gasteiger partial charge is 0.257 e. The van der Waals surface area contributed by atoms with Crippen LogP contribution >= 0.6 is 0 Å². The minimum Gasteiger partial charge on any atom is -0.360 e. The van der Waals surface area contributed by atoms with Gasteiger partial charge in [0.15, 0.2) is 5.82 Å². The topological polar surface area (TPSA) is 93.3 Å². The zero-order chi connectivity index (χ0) is 20.4. The molecule has 8 nitrogen and oxygen atoms in total. The average molecular weight is 393 g/mol. The summed E-state index contributed by atoms with van der Waals surface area (Å²) in [6, 6.07) is 11.4. The van der Waals surface area contributed by atoms with E-state index in [2.05, 4.69) is 15.6 Å². The number of amides is 2. The van der Waals surface area contributed by atoms with Crippen LogP contribution in [0.25, 0.3) is 5.69 Å². The number of piperidine rings is 1. The summed E-state index contributed by atoms with van der Waals surface area (Å²) in [4.78, 5) is 27.2. The summed E-state index contributed by atoms with van der Waals surface area (Å²) in [5.41, 5.74) is 2.32. The van der Waals surface area contributed by atoms with Crippen molar-refractivity contribution in [1.82, 2.24) is 19.8 Å². The maximum absolute atomic E-state index is 13.0. The van der Waals surface area contributed by atoms with E-state index >= 15 is 0 Å². The van der Waals surface area contributed by atoms with Crippen LogP contribution in [-0.2, 0) is 4.79 Å². The van der Waals surface area contributed by atoms with E-state index in [-0.39, 0.29) is 17.7 Å². The van der Waals surface area contributed by atoms with Gasteiger partial charge >= 0.3 is 0 Å². The van der Waals surface area contributed by atoms with E-state index in [4.69, 9.17) is 4.52 Å². The first kappa shape index (κ1) is 18.9. The Labute approximate surface area is 168 Å². The van der Waals surface area contributed by atoms with Gasteiger partial charge in [-0.15, -0.1) is 0 Å². The predicted octanol–water partition coefficient (Wildman–Crippen LogP) is 2.97. The molecule has 0 radical (unpaired) electrons. The van der Waals surface area contributed by atoms with Crippen LogP contribution < -0.4 is 5.32 Å². The van der Waals surface area contributed by atoms with Gasteiger partial charge in [-0.3, -0.25) is 9.59 Å². The lowest BCUT2D eigenvalue weighted by molar-refractivity contribution is -0.121. The van der Waals surface area contributed by atoms with Crippen LogP contribution in [0.15, 0.2) is 47.1 Å². The standard InChI is InChI=1S/C21H23N5O3/c1-14-12-19(24-29-14)23-20(27)16-8-10-25(11-9-16)21(28)18-13-22-26(15(18)2)17-6-4-3-5-7-17/h3-7,12-13,16H,8-11H2,1-2H3,(H,23,24,27). The number of aromatic nitrogens is 3. The van der Waals surface area contributed by atoms with Crippen molar-refractivity contribution < 1.29 is 14.1 Å². The third-order valence-corrected chi connectivity index (χ3v) is 5.27. The SMILES string of the molecule is Cc1cc(NC(=O)C2CCN(C(=O)c3cnn(-c4ccccc4)c3C)CC2)no1. The third kappa shape index (κ3) is 3.91. The second-order valence-electron chi connectivity index (χ2n) is 7.27. The third-order valence-electron chi connectivity index (χ3n) is 5.27. The maximum Gasteiger partial charge on any atom is 0.257 e. The molecule has 1 N–H and O–H groups in total. The van der Waals surface area contributed by atoms with Gasteiger partial charge in [-0.25, -0.2) is 4.68 Å². The van der Waals surface area contributed by atoms with Crippen LogP contribution in [-0.4, -0.2) is 44.7 Å². The Morgan fingerprint density at radius 2 is 1.86 bits per heavy atom. The number of likely N-dealkylation sites (tertiary alicyclic amines) is 1. The number of nitrogens with zero attached hydrogens (tertiary/aromatic N) is 4. The Balaban J connectivity index is 1.38. The predicted molar refractivity (Wildman–Crippen MR) is 107 cm³/mol. The summed E-state index contributed by atoms with van der Waals surface area (Å²) in [6.07, 6.45) is 2.84. The van der Waals surface area contributed by atoms with E-state index in [1.165, 1.54) is 0 Å². The van der Waals surface area contributed by atoms with Crippen molar-refractivity contribution in [3.63, 3.8) is 0 Å². The van der Waals surface area contributed by atoms with Crippen molar-refractivity contribution in [1.29, 1.82) is 0 Å². The number of nitrogens with one attached hydrogen (secondary N) is 1. The highest BCUT2D eigenvalue weighted by Gasteiger charge is 2.29. The molecular weight excluding hydrogens is 370 g/mol. The molecule has 0 atom stereocenters. The van der Waals surface area contributed by atoms with Crippen molar-refractivity contribution in [3.8, 4) is 5.69 Å². The highest BCUT2D eigenvalue weighted by atomic mass is 16.5. The lowest BCUT2D eigenvalue weighted by Gasteiger charge is -2.31. The van der Waals surface area contributed by atoms with Crippen molar-refractivity contribution in [2.75, 3.05) is 18.4 Å². The fraction of sp³-hybridized carbons (Fsp3) is 0.333. The van der Waals surface area contributed by atoms with E-state index < -0.39 is 0 Å². The average Bonchev–Trinajstić information content (AvgIpc) is 3.33. The van der Waals surface area contributed by atoms with Crippen molar-refractivity contribution in [3.05, 3.63) is 59.6 Å². The molecule has 1 fully saturated rings. The molecule has 0 saturated carbocycles. The molecule has 4 rings (SSSR count). The van der Waals surface area contributed by atoms with E-state index in [0.717, 1.165) is 11.4 Å². The number of hydrogen-bond donors (Lipinski definition) is 1. The zero-order valence-corrected chi connectivity index (χ0v) is 16.5. The molecule has 2 aromatic heterocycles. The Kier molecular flexibility index (Phi) is 5.16. The number of benzene rings is 1.